The molecule has 17 heavy (non-hydrogen) atoms. The Morgan fingerprint density at radius 1 is 1.35 bits per heavy atom. The molecule has 0 aliphatic rings. The van der Waals surface area contributed by atoms with E-state index in [1.54, 1.807) is 6.20 Å². The second-order valence-corrected chi connectivity index (χ2v) is 3.69. The minimum absolute atomic E-state index is 0.220. The number of carbonyl (C=O) groups is 1. The first-order valence-corrected chi connectivity index (χ1v) is 5.45. The Hall–Kier alpha value is -2.10. The molecular formula is C13H14N2O2. The Labute approximate surface area is 99.7 Å². The van der Waals surface area contributed by atoms with Gasteiger partial charge in [0.15, 0.2) is 0 Å². The third kappa shape index (κ3) is 2.93. The van der Waals surface area contributed by atoms with Crippen LogP contribution in [0.1, 0.15) is 12.2 Å². The third-order valence-corrected chi connectivity index (χ3v) is 2.51. The van der Waals surface area contributed by atoms with Crippen molar-refractivity contribution < 1.29 is 9.53 Å². The highest BCUT2D eigenvalue weighted by molar-refractivity contribution is 5.69. The number of ether oxygens (including phenoxy) is 1. The molecular weight excluding hydrogens is 216 g/mol. The standard InChI is InChI=1S/C13H14N2O2/c1-17-13(16)8-7-12-14-9-11(15-12)10-5-3-2-4-6-10/h2-6,9H,7-8H2,1H3,(H,14,15). The zero-order valence-electron chi connectivity index (χ0n) is 9.64. The Bertz CT molecular complexity index is 491. The quantitative estimate of drug-likeness (QED) is 0.819. The average molecular weight is 230 g/mol. The van der Waals surface area contributed by atoms with E-state index in [-0.39, 0.29) is 5.97 Å². The van der Waals surface area contributed by atoms with Crippen LogP contribution in [-0.4, -0.2) is 23.0 Å². The van der Waals surface area contributed by atoms with E-state index in [1.165, 1.54) is 7.11 Å². The van der Waals surface area contributed by atoms with Gasteiger partial charge in [-0.25, -0.2) is 4.98 Å². The lowest BCUT2D eigenvalue weighted by atomic mass is 10.2. The summed E-state index contributed by atoms with van der Waals surface area (Å²) < 4.78 is 4.58. The zero-order valence-corrected chi connectivity index (χ0v) is 9.64. The van der Waals surface area contributed by atoms with Crippen LogP contribution in [0.3, 0.4) is 0 Å². The fourth-order valence-electron chi connectivity index (χ4n) is 1.58. The predicted molar refractivity (Wildman–Crippen MR) is 64.4 cm³/mol. The SMILES string of the molecule is COC(=O)CCc1ncc(-c2ccccc2)[nH]1. The van der Waals surface area contributed by atoms with Crippen molar-refractivity contribution in [2.24, 2.45) is 0 Å². The summed E-state index contributed by atoms with van der Waals surface area (Å²) in [5.74, 6) is 0.580. The van der Waals surface area contributed by atoms with Crippen LogP contribution in [0.5, 0.6) is 0 Å². The molecule has 0 atom stereocenters. The maximum Gasteiger partial charge on any atom is 0.305 e. The van der Waals surface area contributed by atoms with Gasteiger partial charge in [-0.2, -0.15) is 0 Å². The normalized spacial score (nSPS) is 10.2. The van der Waals surface area contributed by atoms with E-state index in [1.807, 2.05) is 30.3 Å². The van der Waals surface area contributed by atoms with E-state index < -0.39 is 0 Å². The molecule has 1 N–H and O–H groups in total. The zero-order chi connectivity index (χ0) is 12.1. The molecule has 0 aliphatic heterocycles. The lowest BCUT2D eigenvalue weighted by Crippen LogP contribution is -2.02. The Morgan fingerprint density at radius 2 is 2.12 bits per heavy atom. The maximum absolute atomic E-state index is 11.0. The number of nitrogens with one attached hydrogen (secondary N) is 1. The van der Waals surface area contributed by atoms with Crippen molar-refractivity contribution in [3.8, 4) is 11.3 Å². The molecule has 1 aromatic carbocycles. The molecule has 0 saturated carbocycles. The molecule has 0 aliphatic carbocycles. The maximum atomic E-state index is 11.0. The summed E-state index contributed by atoms with van der Waals surface area (Å²) in [7, 11) is 1.39. The van der Waals surface area contributed by atoms with Crippen molar-refractivity contribution in [1.82, 2.24) is 9.97 Å². The van der Waals surface area contributed by atoms with Gasteiger partial charge in [-0.3, -0.25) is 4.79 Å². The first-order valence-electron chi connectivity index (χ1n) is 5.45. The van der Waals surface area contributed by atoms with Gasteiger partial charge >= 0.3 is 5.97 Å². The van der Waals surface area contributed by atoms with Gasteiger partial charge in [0, 0.05) is 6.42 Å². The first-order chi connectivity index (χ1) is 8.29. The van der Waals surface area contributed by atoms with E-state index in [4.69, 9.17) is 0 Å². The smallest absolute Gasteiger partial charge is 0.305 e. The van der Waals surface area contributed by atoms with Crippen LogP contribution in [0.25, 0.3) is 11.3 Å². The molecule has 0 unspecified atom stereocenters. The van der Waals surface area contributed by atoms with Crippen molar-refractivity contribution in [3.05, 3.63) is 42.4 Å². The van der Waals surface area contributed by atoms with Gasteiger partial charge < -0.3 is 9.72 Å². The van der Waals surface area contributed by atoms with Gasteiger partial charge in [0.25, 0.3) is 0 Å². The Morgan fingerprint density at radius 3 is 2.82 bits per heavy atom. The summed E-state index contributed by atoms with van der Waals surface area (Å²) in [5.41, 5.74) is 2.05. The van der Waals surface area contributed by atoms with Crippen LogP contribution in [0, 0.1) is 0 Å². The summed E-state index contributed by atoms with van der Waals surface area (Å²) in [6, 6.07) is 9.95. The molecule has 88 valence electrons. The van der Waals surface area contributed by atoms with Crippen LogP contribution in [0.4, 0.5) is 0 Å². The number of aryl methyl sites for hydroxylation is 1. The number of benzene rings is 1. The molecule has 0 fully saturated rings. The van der Waals surface area contributed by atoms with Crippen molar-refractivity contribution in [2.45, 2.75) is 12.8 Å². The molecule has 2 rings (SSSR count). The Kier molecular flexibility index (Phi) is 3.55. The summed E-state index contributed by atoms with van der Waals surface area (Å²) >= 11 is 0. The van der Waals surface area contributed by atoms with Crippen LogP contribution < -0.4 is 0 Å². The number of rotatable bonds is 4. The molecule has 4 nitrogen and oxygen atoms in total. The third-order valence-electron chi connectivity index (χ3n) is 2.51. The number of aromatic amines is 1. The molecule has 2 aromatic rings. The lowest BCUT2D eigenvalue weighted by molar-refractivity contribution is -0.140. The molecule has 0 amide bonds. The second kappa shape index (κ2) is 5.30. The summed E-state index contributed by atoms with van der Waals surface area (Å²) in [5, 5.41) is 0. The van der Waals surface area contributed by atoms with Crippen LogP contribution in [0.2, 0.25) is 0 Å². The van der Waals surface area contributed by atoms with Crippen LogP contribution in [-0.2, 0) is 16.0 Å². The fourth-order valence-corrected chi connectivity index (χ4v) is 1.58. The predicted octanol–water partition coefficient (Wildman–Crippen LogP) is 2.18. The fraction of sp³-hybridized carbons (Fsp3) is 0.231. The van der Waals surface area contributed by atoms with Gasteiger partial charge in [-0.05, 0) is 5.56 Å². The van der Waals surface area contributed by atoms with Crippen molar-refractivity contribution in [3.63, 3.8) is 0 Å². The van der Waals surface area contributed by atoms with Crippen molar-refractivity contribution in [2.75, 3.05) is 7.11 Å². The summed E-state index contributed by atoms with van der Waals surface area (Å²) in [6.07, 6.45) is 2.69. The van der Waals surface area contributed by atoms with Gasteiger partial charge in [0.1, 0.15) is 5.82 Å². The van der Waals surface area contributed by atoms with Crippen LogP contribution >= 0.6 is 0 Å². The van der Waals surface area contributed by atoms with Gasteiger partial charge in [0.2, 0.25) is 0 Å². The number of methoxy groups -OCH3 is 1. The lowest BCUT2D eigenvalue weighted by Gasteiger charge is -1.97. The van der Waals surface area contributed by atoms with E-state index in [9.17, 15) is 4.79 Å². The number of H-pyrrole nitrogens is 1. The number of nitrogens with zero attached hydrogens (tertiary/aromatic N) is 1. The second-order valence-electron chi connectivity index (χ2n) is 3.69. The number of hydrogen-bond donors (Lipinski definition) is 1. The molecule has 0 spiro atoms. The molecule has 1 heterocycles. The largest absolute Gasteiger partial charge is 0.469 e. The minimum atomic E-state index is -0.220. The Balaban J connectivity index is 2.04. The highest BCUT2D eigenvalue weighted by Crippen LogP contribution is 2.16. The number of esters is 1. The molecule has 0 saturated heterocycles. The van der Waals surface area contributed by atoms with Crippen molar-refractivity contribution in [1.29, 1.82) is 0 Å². The van der Waals surface area contributed by atoms with E-state index in [0.717, 1.165) is 17.1 Å². The molecule has 0 radical (unpaired) electrons. The minimum Gasteiger partial charge on any atom is -0.469 e. The molecule has 1 aromatic heterocycles. The first kappa shape index (κ1) is 11.4. The monoisotopic (exact) mass is 230 g/mol. The van der Waals surface area contributed by atoms with Crippen molar-refractivity contribution >= 4 is 5.97 Å². The number of imidazole rings is 1. The topological polar surface area (TPSA) is 55.0 Å². The van der Waals surface area contributed by atoms with E-state index in [2.05, 4.69) is 14.7 Å². The summed E-state index contributed by atoms with van der Waals surface area (Å²) in [6.45, 7) is 0. The van der Waals surface area contributed by atoms with Gasteiger partial charge in [-0.1, -0.05) is 30.3 Å². The highest BCUT2D eigenvalue weighted by Gasteiger charge is 2.05. The summed E-state index contributed by atoms with van der Waals surface area (Å²) in [4.78, 5) is 18.4. The average Bonchev–Trinajstić information content (AvgIpc) is 2.86. The van der Waals surface area contributed by atoms with Gasteiger partial charge in [-0.15, -0.1) is 0 Å². The molecule has 0 bridgehead atoms. The highest BCUT2D eigenvalue weighted by atomic mass is 16.5. The number of carbonyl (C=O) groups excluding carboxylic acids is 1. The van der Waals surface area contributed by atoms with E-state index in [0.29, 0.717) is 12.8 Å². The van der Waals surface area contributed by atoms with E-state index >= 15 is 0 Å². The number of hydrogen-bond acceptors (Lipinski definition) is 3. The van der Waals surface area contributed by atoms with Gasteiger partial charge in [0.05, 0.1) is 25.4 Å². The molecule has 4 heteroatoms. The van der Waals surface area contributed by atoms with Crippen LogP contribution in [0.15, 0.2) is 36.5 Å². The number of aromatic nitrogens is 2.